The highest BCUT2D eigenvalue weighted by atomic mass is 19.2. The molecule has 10 nitrogen and oxygen atoms in total. The minimum atomic E-state index is -2.95. The van der Waals surface area contributed by atoms with Crippen molar-refractivity contribution >= 4 is 42.4 Å². The minimum absolute atomic E-state index is 0.0208. The van der Waals surface area contributed by atoms with Gasteiger partial charge in [-0.1, -0.05) is 72.8 Å². The Balaban J connectivity index is 1.30. The van der Waals surface area contributed by atoms with Crippen molar-refractivity contribution in [3.63, 3.8) is 0 Å². The maximum Gasteiger partial charge on any atom is 0.679 e. The van der Waals surface area contributed by atoms with Gasteiger partial charge in [0.2, 0.25) is 0 Å². The number of halogens is 2. The predicted octanol–water partition coefficient (Wildman–Crippen LogP) is 9.75. The topological polar surface area (TPSA) is 124 Å². The molecule has 13 heteroatoms. The normalized spacial score (nSPS) is 13.2. The molecule has 1 aliphatic rings. The molecule has 57 heavy (non-hydrogen) atoms. The number of allylic oxidation sites excluding steroid dienone is 1. The Morgan fingerprint density at radius 2 is 1.39 bits per heavy atom. The highest BCUT2D eigenvalue weighted by Gasteiger charge is 2.30. The van der Waals surface area contributed by atoms with Crippen molar-refractivity contribution in [1.29, 1.82) is 0 Å². The molecule has 292 valence electrons. The van der Waals surface area contributed by atoms with E-state index in [1.165, 1.54) is 0 Å². The Bertz CT molecular complexity index is 2250. The molecule has 1 aliphatic heterocycles. The van der Waals surface area contributed by atoms with Crippen molar-refractivity contribution in [2.75, 3.05) is 19.8 Å². The summed E-state index contributed by atoms with van der Waals surface area (Å²) in [6.07, 6.45) is 2.66. The van der Waals surface area contributed by atoms with Crippen LogP contribution in [0.5, 0.6) is 11.5 Å². The van der Waals surface area contributed by atoms with Gasteiger partial charge in [-0.2, -0.15) is 0 Å². The first-order chi connectivity index (χ1) is 27.4. The summed E-state index contributed by atoms with van der Waals surface area (Å²) in [6, 6.07) is 34.5. The Morgan fingerprint density at radius 1 is 0.789 bits per heavy atom. The van der Waals surface area contributed by atoms with Gasteiger partial charge < -0.3 is 29.1 Å². The maximum atomic E-state index is 15.3. The summed E-state index contributed by atoms with van der Waals surface area (Å²) in [5, 5.41) is 11.7. The number of ether oxygens (including phenoxy) is 3. The molecule has 0 atom stereocenters. The van der Waals surface area contributed by atoms with E-state index >= 15 is 8.63 Å². The SMILES string of the molecule is CC(C)(C)OC(=O)NCCCCOc1ccc(-c2cc(-c3ccccc3)c(/N=C3\N=C(c4ccccc4)C=C3c3ccc(OCCC(=O)O)cc3)n2B(F)F)cc1. The second-order valence-electron chi connectivity index (χ2n) is 14.2. The Labute approximate surface area is 330 Å². The number of aliphatic imine (C=N–C) groups is 2. The van der Waals surface area contributed by atoms with E-state index in [1.54, 1.807) is 75.4 Å². The number of carboxylic acid groups (broad SMARTS) is 1. The fourth-order valence-corrected chi connectivity index (χ4v) is 6.07. The van der Waals surface area contributed by atoms with E-state index in [2.05, 4.69) is 5.32 Å². The number of carbonyl (C=O) groups is 2. The molecule has 0 fully saturated rings. The number of hydrogen-bond donors (Lipinski definition) is 2. The largest absolute Gasteiger partial charge is 0.679 e. The second-order valence-corrected chi connectivity index (χ2v) is 14.2. The molecule has 0 aliphatic carbocycles. The number of carbonyl (C=O) groups excluding carboxylic acids is 1. The van der Waals surface area contributed by atoms with Crippen LogP contribution in [0, 0.1) is 0 Å². The number of alkyl carbamates (subject to hydrolysis) is 1. The van der Waals surface area contributed by atoms with Gasteiger partial charge in [-0.05, 0) is 98.8 Å². The van der Waals surface area contributed by atoms with E-state index < -0.39 is 25.1 Å². The standard InChI is InChI=1S/C44H43BF2N4O6/c1-44(2,3)57-43(54)48-25-10-11-26-55-34-22-18-33(19-23-34)39-29-37(30-12-6-4-7-13-30)42(51(39)45(46)47)50-41-36(28-38(49-41)32-14-8-5-9-15-32)31-16-20-35(21-17-31)56-27-24-40(52)53/h4-9,12-23,28-29H,10-11,24-27H2,1-3H3,(H,48,54)(H,52,53)/b50-41-. The Hall–Kier alpha value is -6.50. The van der Waals surface area contributed by atoms with Crippen LogP contribution in [-0.4, -0.2) is 66.0 Å². The molecule has 2 heterocycles. The van der Waals surface area contributed by atoms with Gasteiger partial charge in [0.15, 0.2) is 5.84 Å². The first-order valence-electron chi connectivity index (χ1n) is 18.6. The summed E-state index contributed by atoms with van der Waals surface area (Å²) in [4.78, 5) is 32.6. The van der Waals surface area contributed by atoms with Gasteiger partial charge in [-0.15, -0.1) is 0 Å². The molecule has 0 saturated carbocycles. The van der Waals surface area contributed by atoms with Crippen LogP contribution >= 0.6 is 0 Å². The maximum absolute atomic E-state index is 15.3. The summed E-state index contributed by atoms with van der Waals surface area (Å²) in [5.41, 5.74) is 4.26. The number of amidine groups is 1. The number of nitrogens with zero attached hydrogens (tertiary/aromatic N) is 3. The van der Waals surface area contributed by atoms with Crippen molar-refractivity contribution in [2.45, 2.75) is 45.6 Å². The highest BCUT2D eigenvalue weighted by Crippen LogP contribution is 2.41. The number of aromatic nitrogens is 1. The fraction of sp³-hybridized carbons (Fsp3) is 0.227. The van der Waals surface area contributed by atoms with Crippen LogP contribution in [0.1, 0.15) is 51.2 Å². The Kier molecular flexibility index (Phi) is 13.0. The Morgan fingerprint density at radius 3 is 1.98 bits per heavy atom. The number of benzene rings is 4. The molecule has 5 aromatic rings. The zero-order valence-corrected chi connectivity index (χ0v) is 32.0. The molecule has 0 spiro atoms. The zero-order chi connectivity index (χ0) is 40.4. The fourth-order valence-electron chi connectivity index (χ4n) is 6.07. The summed E-state index contributed by atoms with van der Waals surface area (Å²) in [5.74, 6) is 0.412. The third kappa shape index (κ3) is 10.8. The quantitative estimate of drug-likeness (QED) is 0.0761. The van der Waals surface area contributed by atoms with E-state index in [-0.39, 0.29) is 30.4 Å². The molecule has 0 saturated heterocycles. The van der Waals surface area contributed by atoms with Gasteiger partial charge >= 0.3 is 19.5 Å². The lowest BCUT2D eigenvalue weighted by atomic mass is 10.0. The number of unbranched alkanes of at least 4 members (excludes halogenated alkanes) is 1. The number of hydrogen-bond acceptors (Lipinski definition) is 6. The van der Waals surface area contributed by atoms with Crippen LogP contribution in [0.3, 0.4) is 0 Å². The van der Waals surface area contributed by atoms with E-state index in [0.717, 1.165) is 15.6 Å². The van der Waals surface area contributed by atoms with Crippen LogP contribution in [-0.2, 0) is 9.53 Å². The van der Waals surface area contributed by atoms with Gasteiger partial charge in [0.1, 0.15) is 22.9 Å². The lowest BCUT2D eigenvalue weighted by Crippen LogP contribution is -2.33. The van der Waals surface area contributed by atoms with Gasteiger partial charge in [0.05, 0.1) is 25.3 Å². The van der Waals surface area contributed by atoms with Crippen LogP contribution in [0.25, 0.3) is 28.0 Å². The summed E-state index contributed by atoms with van der Waals surface area (Å²) < 4.78 is 48.4. The smallest absolute Gasteiger partial charge is 0.494 e. The molecule has 0 unspecified atom stereocenters. The van der Waals surface area contributed by atoms with Gasteiger partial charge in [0, 0.05) is 28.9 Å². The van der Waals surface area contributed by atoms with E-state index in [9.17, 15) is 9.59 Å². The average molecular weight is 773 g/mol. The van der Waals surface area contributed by atoms with E-state index in [4.69, 9.17) is 29.3 Å². The monoisotopic (exact) mass is 772 g/mol. The third-order valence-corrected chi connectivity index (χ3v) is 8.73. The lowest BCUT2D eigenvalue weighted by molar-refractivity contribution is -0.137. The molecule has 6 rings (SSSR count). The van der Waals surface area contributed by atoms with Gasteiger partial charge in [-0.25, -0.2) is 14.8 Å². The van der Waals surface area contributed by atoms with Crippen molar-refractivity contribution in [1.82, 2.24) is 9.79 Å². The summed E-state index contributed by atoms with van der Waals surface area (Å²) in [7, 11) is -2.95. The van der Waals surface area contributed by atoms with Crippen LogP contribution < -0.4 is 14.8 Å². The molecule has 0 bridgehead atoms. The molecule has 1 aromatic heterocycles. The lowest BCUT2D eigenvalue weighted by Gasteiger charge is -2.19. The van der Waals surface area contributed by atoms with Crippen LogP contribution in [0.15, 0.2) is 131 Å². The van der Waals surface area contributed by atoms with Crippen LogP contribution in [0.4, 0.5) is 19.2 Å². The highest BCUT2D eigenvalue weighted by molar-refractivity contribution is 6.43. The number of rotatable bonds is 16. The number of nitrogens with one attached hydrogen (secondary N) is 1. The second kappa shape index (κ2) is 18.4. The van der Waals surface area contributed by atoms with E-state index in [0.29, 0.717) is 65.5 Å². The van der Waals surface area contributed by atoms with E-state index in [1.807, 2.05) is 66.7 Å². The molecule has 0 radical (unpaired) electrons. The number of amides is 1. The van der Waals surface area contributed by atoms with Crippen LogP contribution in [0.2, 0.25) is 0 Å². The van der Waals surface area contributed by atoms with Crippen molar-refractivity contribution in [3.05, 3.63) is 132 Å². The zero-order valence-electron chi connectivity index (χ0n) is 32.0. The van der Waals surface area contributed by atoms with Gasteiger partial charge in [0.25, 0.3) is 0 Å². The predicted molar refractivity (Wildman–Crippen MR) is 220 cm³/mol. The molecular formula is C44H43BF2N4O6. The molecule has 1 amide bonds. The first kappa shape index (κ1) is 40.2. The number of carboxylic acids is 1. The van der Waals surface area contributed by atoms with Crippen molar-refractivity contribution in [2.24, 2.45) is 9.98 Å². The summed E-state index contributed by atoms with van der Waals surface area (Å²) >= 11 is 0. The third-order valence-electron chi connectivity index (χ3n) is 8.73. The molecule has 2 N–H and O–H groups in total. The summed E-state index contributed by atoms with van der Waals surface area (Å²) in [6.45, 7) is 6.30. The van der Waals surface area contributed by atoms with Crippen molar-refractivity contribution in [3.8, 4) is 33.9 Å². The van der Waals surface area contributed by atoms with Gasteiger partial charge in [-0.3, -0.25) is 13.4 Å². The van der Waals surface area contributed by atoms with Crippen molar-refractivity contribution < 1.29 is 37.5 Å². The molecular weight excluding hydrogens is 729 g/mol. The molecule has 4 aromatic carbocycles. The minimum Gasteiger partial charge on any atom is -0.494 e. The number of aliphatic carboxylic acids is 1. The average Bonchev–Trinajstić information content (AvgIpc) is 3.79. The first-order valence-corrected chi connectivity index (χ1v) is 18.6.